The van der Waals surface area contributed by atoms with Crippen molar-refractivity contribution in [1.82, 2.24) is 10.2 Å². The molecule has 1 aliphatic rings. The zero-order valence-corrected chi connectivity index (χ0v) is 11.9. The minimum absolute atomic E-state index is 0.0146. The van der Waals surface area contributed by atoms with Crippen LogP contribution in [0.5, 0.6) is 0 Å². The molecule has 1 aromatic carbocycles. The predicted molar refractivity (Wildman–Crippen MR) is 78.6 cm³/mol. The standard InChI is InChI=1S/C15H21N3O3/c16-15(21)17-9-11-1-3-13(4-2-11)14(20)18-7-5-12(10-19)6-8-18/h1-4,12,19H,5-10H2,(H3,16,17,21). The molecule has 1 aliphatic heterocycles. The second-order valence-corrected chi connectivity index (χ2v) is 5.33. The number of nitrogens with one attached hydrogen (secondary N) is 1. The number of carbonyl (C=O) groups excluding carboxylic acids is 2. The molecule has 2 rings (SSSR count). The number of nitrogens with two attached hydrogens (primary N) is 1. The predicted octanol–water partition coefficient (Wildman–Crippen LogP) is 0.699. The molecule has 0 aromatic heterocycles. The molecule has 0 bridgehead atoms. The molecule has 21 heavy (non-hydrogen) atoms. The Morgan fingerprint density at radius 1 is 1.24 bits per heavy atom. The van der Waals surface area contributed by atoms with Crippen LogP contribution in [-0.4, -0.2) is 41.6 Å². The van der Waals surface area contributed by atoms with E-state index in [4.69, 9.17) is 10.8 Å². The molecule has 0 aliphatic carbocycles. The summed E-state index contributed by atoms with van der Waals surface area (Å²) in [5.41, 5.74) is 6.54. The summed E-state index contributed by atoms with van der Waals surface area (Å²) in [7, 11) is 0. The molecule has 0 radical (unpaired) electrons. The van der Waals surface area contributed by atoms with Crippen molar-refractivity contribution in [2.45, 2.75) is 19.4 Å². The Morgan fingerprint density at radius 3 is 2.38 bits per heavy atom. The van der Waals surface area contributed by atoms with E-state index in [1.54, 1.807) is 12.1 Å². The Hall–Kier alpha value is -2.08. The Bertz CT molecular complexity index is 493. The molecule has 0 saturated carbocycles. The van der Waals surface area contributed by atoms with Gasteiger partial charge in [0.25, 0.3) is 5.91 Å². The number of piperidine rings is 1. The van der Waals surface area contributed by atoms with Gasteiger partial charge in [0.1, 0.15) is 0 Å². The fourth-order valence-electron chi connectivity index (χ4n) is 2.46. The Kier molecular flexibility index (Phi) is 5.16. The minimum Gasteiger partial charge on any atom is -0.396 e. The highest BCUT2D eigenvalue weighted by Gasteiger charge is 2.22. The topological polar surface area (TPSA) is 95.7 Å². The average Bonchev–Trinajstić information content (AvgIpc) is 2.53. The summed E-state index contributed by atoms with van der Waals surface area (Å²) in [4.78, 5) is 24.8. The van der Waals surface area contributed by atoms with Crippen LogP contribution < -0.4 is 11.1 Å². The lowest BCUT2D eigenvalue weighted by molar-refractivity contribution is 0.0651. The first kappa shape index (κ1) is 15.3. The number of aliphatic hydroxyl groups is 1. The van der Waals surface area contributed by atoms with Crippen molar-refractivity contribution < 1.29 is 14.7 Å². The van der Waals surface area contributed by atoms with Crippen molar-refractivity contribution in [3.8, 4) is 0 Å². The zero-order valence-electron chi connectivity index (χ0n) is 11.9. The molecule has 1 fully saturated rings. The van der Waals surface area contributed by atoms with Gasteiger partial charge in [0.15, 0.2) is 0 Å². The molecule has 3 amide bonds. The summed E-state index contributed by atoms with van der Waals surface area (Å²) < 4.78 is 0. The number of hydrogen-bond acceptors (Lipinski definition) is 3. The molecule has 1 saturated heterocycles. The van der Waals surface area contributed by atoms with Gasteiger partial charge < -0.3 is 21.1 Å². The molecule has 6 heteroatoms. The van der Waals surface area contributed by atoms with Crippen LogP contribution in [0.3, 0.4) is 0 Å². The van der Waals surface area contributed by atoms with Gasteiger partial charge in [0, 0.05) is 31.8 Å². The first-order valence-electron chi connectivity index (χ1n) is 7.12. The van der Waals surface area contributed by atoms with Crippen LogP contribution in [0, 0.1) is 5.92 Å². The van der Waals surface area contributed by atoms with Crippen LogP contribution in [0.2, 0.25) is 0 Å². The van der Waals surface area contributed by atoms with Crippen LogP contribution in [0.1, 0.15) is 28.8 Å². The Morgan fingerprint density at radius 2 is 1.86 bits per heavy atom. The molecular formula is C15H21N3O3. The highest BCUT2D eigenvalue weighted by atomic mass is 16.3. The number of rotatable bonds is 4. The summed E-state index contributed by atoms with van der Waals surface area (Å²) in [6.07, 6.45) is 1.70. The number of primary amides is 1. The second kappa shape index (κ2) is 7.08. The maximum absolute atomic E-state index is 12.3. The monoisotopic (exact) mass is 291 g/mol. The van der Waals surface area contributed by atoms with E-state index < -0.39 is 6.03 Å². The number of amides is 3. The van der Waals surface area contributed by atoms with Crippen LogP contribution >= 0.6 is 0 Å². The van der Waals surface area contributed by atoms with Gasteiger partial charge in [-0.2, -0.15) is 0 Å². The molecular weight excluding hydrogens is 270 g/mol. The van der Waals surface area contributed by atoms with E-state index in [2.05, 4.69) is 5.32 Å². The number of likely N-dealkylation sites (tertiary alicyclic amines) is 1. The average molecular weight is 291 g/mol. The first-order chi connectivity index (χ1) is 10.1. The third kappa shape index (κ3) is 4.19. The van der Waals surface area contributed by atoms with E-state index in [-0.39, 0.29) is 12.5 Å². The van der Waals surface area contributed by atoms with Crippen molar-refractivity contribution in [2.24, 2.45) is 11.7 Å². The Balaban J connectivity index is 1.92. The molecule has 6 nitrogen and oxygen atoms in total. The largest absolute Gasteiger partial charge is 0.396 e. The van der Waals surface area contributed by atoms with Gasteiger partial charge in [0.05, 0.1) is 0 Å². The number of nitrogens with zero attached hydrogens (tertiary/aromatic N) is 1. The van der Waals surface area contributed by atoms with Gasteiger partial charge in [-0.15, -0.1) is 0 Å². The minimum atomic E-state index is -0.568. The van der Waals surface area contributed by atoms with Gasteiger partial charge >= 0.3 is 6.03 Å². The smallest absolute Gasteiger partial charge is 0.312 e. The number of benzene rings is 1. The van der Waals surface area contributed by atoms with Gasteiger partial charge in [-0.05, 0) is 36.5 Å². The SMILES string of the molecule is NC(=O)NCc1ccc(C(=O)N2CCC(CO)CC2)cc1. The highest BCUT2D eigenvalue weighted by Crippen LogP contribution is 2.18. The van der Waals surface area contributed by atoms with Gasteiger partial charge in [-0.25, -0.2) is 4.79 Å². The lowest BCUT2D eigenvalue weighted by Gasteiger charge is -2.31. The molecule has 0 unspecified atom stereocenters. The Labute approximate surface area is 123 Å². The maximum atomic E-state index is 12.3. The van der Waals surface area contributed by atoms with E-state index in [0.29, 0.717) is 31.1 Å². The normalized spacial score (nSPS) is 15.8. The molecule has 0 spiro atoms. The molecule has 0 atom stereocenters. The number of urea groups is 1. The molecule has 4 N–H and O–H groups in total. The van der Waals surface area contributed by atoms with Crippen molar-refractivity contribution in [3.63, 3.8) is 0 Å². The fourth-order valence-corrected chi connectivity index (χ4v) is 2.46. The third-order valence-corrected chi connectivity index (χ3v) is 3.83. The van der Waals surface area contributed by atoms with Gasteiger partial charge in [-0.3, -0.25) is 4.79 Å². The van der Waals surface area contributed by atoms with Crippen molar-refractivity contribution in [1.29, 1.82) is 0 Å². The van der Waals surface area contributed by atoms with Crippen LogP contribution in [0.4, 0.5) is 4.79 Å². The zero-order chi connectivity index (χ0) is 15.2. The fraction of sp³-hybridized carbons (Fsp3) is 0.467. The second-order valence-electron chi connectivity index (χ2n) is 5.33. The lowest BCUT2D eigenvalue weighted by Crippen LogP contribution is -2.39. The first-order valence-corrected chi connectivity index (χ1v) is 7.12. The molecule has 1 aromatic rings. The van der Waals surface area contributed by atoms with E-state index >= 15 is 0 Å². The highest BCUT2D eigenvalue weighted by molar-refractivity contribution is 5.94. The number of carbonyl (C=O) groups is 2. The van der Waals surface area contributed by atoms with E-state index in [0.717, 1.165) is 18.4 Å². The maximum Gasteiger partial charge on any atom is 0.312 e. The van der Waals surface area contributed by atoms with Crippen molar-refractivity contribution >= 4 is 11.9 Å². The van der Waals surface area contributed by atoms with Gasteiger partial charge in [0.2, 0.25) is 0 Å². The quantitative estimate of drug-likeness (QED) is 0.762. The van der Waals surface area contributed by atoms with Crippen molar-refractivity contribution in [3.05, 3.63) is 35.4 Å². The van der Waals surface area contributed by atoms with Gasteiger partial charge in [-0.1, -0.05) is 12.1 Å². The molecule has 114 valence electrons. The number of hydrogen-bond donors (Lipinski definition) is 3. The number of aliphatic hydroxyl groups excluding tert-OH is 1. The van der Waals surface area contributed by atoms with Crippen LogP contribution in [0.15, 0.2) is 24.3 Å². The van der Waals surface area contributed by atoms with E-state index in [9.17, 15) is 9.59 Å². The summed E-state index contributed by atoms with van der Waals surface area (Å²) in [5.74, 6) is 0.331. The van der Waals surface area contributed by atoms with Crippen LogP contribution in [0.25, 0.3) is 0 Å². The van der Waals surface area contributed by atoms with E-state index in [1.165, 1.54) is 0 Å². The summed E-state index contributed by atoms with van der Waals surface area (Å²) in [6, 6.07) is 6.58. The van der Waals surface area contributed by atoms with E-state index in [1.807, 2.05) is 17.0 Å². The van der Waals surface area contributed by atoms with Crippen LogP contribution in [-0.2, 0) is 6.54 Å². The summed E-state index contributed by atoms with van der Waals surface area (Å²) in [6.45, 7) is 1.93. The van der Waals surface area contributed by atoms with Crippen molar-refractivity contribution in [2.75, 3.05) is 19.7 Å². The molecule has 1 heterocycles. The lowest BCUT2D eigenvalue weighted by atomic mass is 9.97. The summed E-state index contributed by atoms with van der Waals surface area (Å²) in [5, 5.41) is 11.6. The summed E-state index contributed by atoms with van der Waals surface area (Å²) >= 11 is 0. The third-order valence-electron chi connectivity index (χ3n) is 3.83.